The van der Waals surface area contributed by atoms with Gasteiger partial charge in [-0.25, -0.2) is 0 Å². The molecule has 0 saturated carbocycles. The van der Waals surface area contributed by atoms with E-state index in [0.717, 1.165) is 18.2 Å². The first-order valence-corrected chi connectivity index (χ1v) is 7.73. The van der Waals surface area contributed by atoms with Crippen LogP contribution in [-0.4, -0.2) is 49.1 Å². The van der Waals surface area contributed by atoms with Crippen molar-refractivity contribution in [3.8, 4) is 0 Å². The lowest BCUT2D eigenvalue weighted by Gasteiger charge is -2.35. The average Bonchev–Trinajstić information content (AvgIpc) is 2.45. The van der Waals surface area contributed by atoms with Gasteiger partial charge in [-0.1, -0.05) is 24.3 Å². The Labute approximate surface area is 128 Å². The number of likely N-dealkylation sites (N-methyl/N-ethyl adjacent to an activating group) is 1. The third-order valence-corrected chi connectivity index (χ3v) is 4.39. The molecule has 0 amide bonds. The first-order valence-electron chi connectivity index (χ1n) is 7.33. The number of thiocarbonyl (C=S) groups is 1. The highest BCUT2D eigenvalue weighted by Crippen LogP contribution is 2.33. The van der Waals surface area contributed by atoms with Crippen LogP contribution in [0.1, 0.15) is 30.0 Å². The molecule has 0 bridgehead atoms. The van der Waals surface area contributed by atoms with Gasteiger partial charge in [-0.15, -0.1) is 0 Å². The maximum absolute atomic E-state index is 5.53. The van der Waals surface area contributed by atoms with E-state index in [4.69, 9.17) is 12.2 Å². The second kappa shape index (κ2) is 7.04. The van der Waals surface area contributed by atoms with E-state index in [0.29, 0.717) is 6.04 Å². The van der Waals surface area contributed by atoms with Crippen LogP contribution in [0.25, 0.3) is 0 Å². The quantitative estimate of drug-likeness (QED) is 0.859. The summed E-state index contributed by atoms with van der Waals surface area (Å²) in [5.74, 6) is 0. The molecule has 2 rings (SSSR count). The average molecular weight is 291 g/mol. The Morgan fingerprint density at radius 1 is 1.30 bits per heavy atom. The van der Waals surface area contributed by atoms with E-state index in [9.17, 15) is 0 Å². The van der Waals surface area contributed by atoms with Crippen molar-refractivity contribution >= 4 is 17.3 Å². The summed E-state index contributed by atoms with van der Waals surface area (Å²) in [6.45, 7) is 1.89. The highest BCUT2D eigenvalue weighted by Gasteiger charge is 2.24. The molecular weight excluding hydrogens is 266 g/mol. The molecule has 1 aliphatic rings. The Morgan fingerprint density at radius 3 is 2.80 bits per heavy atom. The van der Waals surface area contributed by atoms with Crippen LogP contribution in [0.5, 0.6) is 0 Å². The summed E-state index contributed by atoms with van der Waals surface area (Å²) in [7, 11) is 6.26. The molecule has 1 aliphatic carbocycles. The first kappa shape index (κ1) is 15.3. The number of aryl methyl sites for hydroxylation is 1. The molecule has 0 aliphatic heterocycles. The summed E-state index contributed by atoms with van der Waals surface area (Å²) in [4.78, 5) is 4.38. The van der Waals surface area contributed by atoms with Crippen LogP contribution in [-0.2, 0) is 6.42 Å². The molecule has 0 unspecified atom stereocenters. The van der Waals surface area contributed by atoms with E-state index in [1.165, 1.54) is 30.4 Å². The van der Waals surface area contributed by atoms with Gasteiger partial charge in [0.05, 0.1) is 6.04 Å². The number of fused-ring (bicyclic) bond motifs is 1. The molecule has 0 fully saturated rings. The van der Waals surface area contributed by atoms with Gasteiger partial charge in [0.25, 0.3) is 0 Å². The van der Waals surface area contributed by atoms with Crippen LogP contribution in [0.2, 0.25) is 0 Å². The second-order valence-electron chi connectivity index (χ2n) is 5.75. The summed E-state index contributed by atoms with van der Waals surface area (Å²) in [5.41, 5.74) is 2.92. The van der Waals surface area contributed by atoms with Gasteiger partial charge in [0.2, 0.25) is 0 Å². The number of benzene rings is 1. The van der Waals surface area contributed by atoms with E-state index in [1.807, 2.05) is 0 Å². The fourth-order valence-corrected chi connectivity index (χ4v) is 3.01. The molecule has 4 heteroatoms. The van der Waals surface area contributed by atoms with Gasteiger partial charge < -0.3 is 15.1 Å². The zero-order valence-corrected chi connectivity index (χ0v) is 13.5. The largest absolute Gasteiger partial charge is 0.361 e. The summed E-state index contributed by atoms with van der Waals surface area (Å²) in [6, 6.07) is 9.18. The molecule has 3 nitrogen and oxygen atoms in total. The lowest BCUT2D eigenvalue weighted by Crippen LogP contribution is -2.42. The summed E-state index contributed by atoms with van der Waals surface area (Å²) >= 11 is 5.53. The van der Waals surface area contributed by atoms with E-state index in [-0.39, 0.29) is 0 Å². The SMILES string of the molecule is CN(C)CCNC(=S)N(C)[C@@H]1CCCc2ccccc21. The van der Waals surface area contributed by atoms with Gasteiger partial charge in [0.1, 0.15) is 0 Å². The van der Waals surface area contributed by atoms with Crippen molar-refractivity contribution in [1.82, 2.24) is 15.1 Å². The third kappa shape index (κ3) is 3.70. The molecule has 110 valence electrons. The number of hydrogen-bond acceptors (Lipinski definition) is 2. The minimum Gasteiger partial charge on any atom is -0.361 e. The second-order valence-corrected chi connectivity index (χ2v) is 6.14. The molecule has 0 aromatic heterocycles. The van der Waals surface area contributed by atoms with E-state index in [1.54, 1.807) is 0 Å². The summed E-state index contributed by atoms with van der Waals surface area (Å²) < 4.78 is 0. The van der Waals surface area contributed by atoms with Crippen molar-refractivity contribution in [1.29, 1.82) is 0 Å². The van der Waals surface area contributed by atoms with Crippen molar-refractivity contribution in [3.05, 3.63) is 35.4 Å². The molecule has 1 aromatic rings. The maximum atomic E-state index is 5.53. The molecule has 1 atom stereocenters. The van der Waals surface area contributed by atoms with Crippen LogP contribution < -0.4 is 5.32 Å². The number of nitrogens with zero attached hydrogens (tertiary/aromatic N) is 2. The first-order chi connectivity index (χ1) is 9.59. The van der Waals surface area contributed by atoms with Crippen LogP contribution in [0.15, 0.2) is 24.3 Å². The highest BCUT2D eigenvalue weighted by molar-refractivity contribution is 7.80. The Morgan fingerprint density at radius 2 is 2.05 bits per heavy atom. The van der Waals surface area contributed by atoms with Crippen LogP contribution in [0, 0.1) is 0 Å². The molecule has 1 aromatic carbocycles. The summed E-state index contributed by atoms with van der Waals surface area (Å²) in [5, 5.41) is 4.21. The fraction of sp³-hybridized carbons (Fsp3) is 0.562. The van der Waals surface area contributed by atoms with E-state index < -0.39 is 0 Å². The highest BCUT2D eigenvalue weighted by atomic mass is 32.1. The van der Waals surface area contributed by atoms with Crippen molar-refractivity contribution in [2.75, 3.05) is 34.2 Å². The number of nitrogens with one attached hydrogen (secondary N) is 1. The summed E-state index contributed by atoms with van der Waals surface area (Å²) in [6.07, 6.45) is 3.62. The van der Waals surface area contributed by atoms with Crippen molar-refractivity contribution < 1.29 is 0 Å². The number of rotatable bonds is 4. The maximum Gasteiger partial charge on any atom is 0.169 e. The lowest BCUT2D eigenvalue weighted by atomic mass is 9.87. The van der Waals surface area contributed by atoms with E-state index >= 15 is 0 Å². The Balaban J connectivity index is 1.99. The van der Waals surface area contributed by atoms with Crippen molar-refractivity contribution in [2.45, 2.75) is 25.3 Å². The van der Waals surface area contributed by atoms with Crippen LogP contribution >= 0.6 is 12.2 Å². The third-order valence-electron chi connectivity index (χ3n) is 3.96. The zero-order valence-electron chi connectivity index (χ0n) is 12.7. The van der Waals surface area contributed by atoms with E-state index in [2.05, 4.69) is 60.5 Å². The zero-order chi connectivity index (χ0) is 14.5. The smallest absolute Gasteiger partial charge is 0.169 e. The molecule has 0 radical (unpaired) electrons. The molecular formula is C16H25N3S. The minimum atomic E-state index is 0.416. The van der Waals surface area contributed by atoms with Gasteiger partial charge in [0, 0.05) is 20.1 Å². The molecule has 0 spiro atoms. The Bertz CT molecular complexity index is 459. The molecule has 0 heterocycles. The van der Waals surface area contributed by atoms with Gasteiger partial charge in [-0.3, -0.25) is 0 Å². The standard InChI is InChI=1S/C16H25N3S/c1-18(2)12-11-17-16(20)19(3)15-10-6-8-13-7-4-5-9-14(13)15/h4-5,7,9,15H,6,8,10-12H2,1-3H3,(H,17,20)/t15-/m1/s1. The predicted molar refractivity (Wildman–Crippen MR) is 89.0 cm³/mol. The monoisotopic (exact) mass is 291 g/mol. The van der Waals surface area contributed by atoms with Gasteiger partial charge in [-0.2, -0.15) is 0 Å². The van der Waals surface area contributed by atoms with Crippen molar-refractivity contribution in [2.24, 2.45) is 0 Å². The van der Waals surface area contributed by atoms with Gasteiger partial charge in [0.15, 0.2) is 5.11 Å². The molecule has 1 N–H and O–H groups in total. The van der Waals surface area contributed by atoms with Crippen molar-refractivity contribution in [3.63, 3.8) is 0 Å². The van der Waals surface area contributed by atoms with Crippen LogP contribution in [0.4, 0.5) is 0 Å². The normalized spacial score (nSPS) is 17.7. The fourth-order valence-electron chi connectivity index (χ4n) is 2.78. The minimum absolute atomic E-state index is 0.416. The molecule has 0 saturated heterocycles. The number of hydrogen-bond donors (Lipinski definition) is 1. The Hall–Kier alpha value is -1.13. The van der Waals surface area contributed by atoms with Gasteiger partial charge >= 0.3 is 0 Å². The molecule has 20 heavy (non-hydrogen) atoms. The van der Waals surface area contributed by atoms with Gasteiger partial charge in [-0.05, 0) is 56.7 Å². The van der Waals surface area contributed by atoms with Crippen LogP contribution in [0.3, 0.4) is 0 Å². The topological polar surface area (TPSA) is 18.5 Å². The predicted octanol–water partition coefficient (Wildman–Crippen LogP) is 2.43. The lowest BCUT2D eigenvalue weighted by molar-refractivity contribution is 0.325. The Kier molecular flexibility index (Phi) is 5.38.